The van der Waals surface area contributed by atoms with E-state index in [9.17, 15) is 4.79 Å². The summed E-state index contributed by atoms with van der Waals surface area (Å²) in [6.45, 7) is 0. The zero-order chi connectivity index (χ0) is 18.2. The first kappa shape index (κ1) is 15.9. The number of carbonyl (C=O) groups excluding carboxylic acids is 1. The maximum absolute atomic E-state index is 13.0. The van der Waals surface area contributed by atoms with Gasteiger partial charge in [0, 0.05) is 18.8 Å². The molecule has 1 aliphatic heterocycles. The molecule has 27 heavy (non-hydrogen) atoms. The van der Waals surface area contributed by atoms with Crippen molar-refractivity contribution in [3.05, 3.63) is 82.7 Å². The molecule has 4 aromatic rings. The van der Waals surface area contributed by atoms with Crippen LogP contribution in [0.4, 0.5) is 0 Å². The summed E-state index contributed by atoms with van der Waals surface area (Å²) in [4.78, 5) is 22.4. The summed E-state index contributed by atoms with van der Waals surface area (Å²) in [5.74, 6) is 0.567. The molecule has 5 rings (SSSR count). The molecule has 6 nitrogen and oxygen atoms in total. The van der Waals surface area contributed by atoms with Crippen LogP contribution in [0.5, 0.6) is 0 Å². The predicted octanol–water partition coefficient (Wildman–Crippen LogP) is 4.28. The summed E-state index contributed by atoms with van der Waals surface area (Å²) in [5, 5.41) is 8.05. The summed E-state index contributed by atoms with van der Waals surface area (Å²) in [6.07, 6.45) is 5.53. The number of furan rings is 1. The third-order valence-electron chi connectivity index (χ3n) is 4.53. The average Bonchev–Trinajstić information content (AvgIpc) is 3.48. The molecule has 1 aromatic carbocycles. The summed E-state index contributed by atoms with van der Waals surface area (Å²) in [7, 11) is 0. The van der Waals surface area contributed by atoms with Crippen LogP contribution < -0.4 is 0 Å². The van der Waals surface area contributed by atoms with Crippen molar-refractivity contribution in [2.45, 2.75) is 12.5 Å². The number of fused-ring (bicyclic) bond motifs is 1. The largest absolute Gasteiger partial charge is 0.463 e. The molecular weight excluding hydrogens is 360 g/mol. The van der Waals surface area contributed by atoms with Gasteiger partial charge in [-0.15, -0.1) is 11.3 Å². The molecule has 0 bridgehead atoms. The van der Waals surface area contributed by atoms with Crippen LogP contribution in [-0.2, 0) is 0 Å². The number of hydrogen-bond acceptors (Lipinski definition) is 6. The number of benzene rings is 1. The van der Waals surface area contributed by atoms with E-state index < -0.39 is 0 Å². The molecule has 0 fully saturated rings. The van der Waals surface area contributed by atoms with Gasteiger partial charge in [0.05, 0.1) is 28.2 Å². The molecule has 0 saturated heterocycles. The van der Waals surface area contributed by atoms with Gasteiger partial charge in [0.1, 0.15) is 11.5 Å². The lowest BCUT2D eigenvalue weighted by molar-refractivity contribution is 0.0716. The van der Waals surface area contributed by atoms with Crippen LogP contribution in [0.1, 0.15) is 33.5 Å². The van der Waals surface area contributed by atoms with Crippen molar-refractivity contribution in [1.29, 1.82) is 0 Å². The fourth-order valence-electron chi connectivity index (χ4n) is 3.25. The highest BCUT2D eigenvalue weighted by Gasteiger charge is 2.35. The van der Waals surface area contributed by atoms with E-state index in [1.165, 1.54) is 11.3 Å². The van der Waals surface area contributed by atoms with E-state index in [-0.39, 0.29) is 11.9 Å². The fourth-order valence-corrected chi connectivity index (χ4v) is 3.90. The van der Waals surface area contributed by atoms with Crippen LogP contribution in [0.2, 0.25) is 0 Å². The van der Waals surface area contributed by atoms with Gasteiger partial charge in [-0.25, -0.2) is 5.01 Å². The molecule has 1 amide bonds. The number of thiophene rings is 1. The highest BCUT2D eigenvalue weighted by atomic mass is 32.1. The van der Waals surface area contributed by atoms with Gasteiger partial charge in [0.2, 0.25) is 0 Å². The molecule has 4 heterocycles. The van der Waals surface area contributed by atoms with Gasteiger partial charge in [-0.3, -0.25) is 14.8 Å². The molecule has 0 radical (unpaired) electrons. The molecular formula is C20H14N4O2S. The third-order valence-corrected chi connectivity index (χ3v) is 5.39. The second-order valence-corrected chi connectivity index (χ2v) is 7.12. The number of carbonyl (C=O) groups is 1. The van der Waals surface area contributed by atoms with Crippen molar-refractivity contribution in [3.8, 4) is 0 Å². The lowest BCUT2D eigenvalue weighted by Crippen LogP contribution is -2.26. The molecule has 3 aromatic heterocycles. The van der Waals surface area contributed by atoms with Gasteiger partial charge in [0.25, 0.3) is 5.91 Å². The topological polar surface area (TPSA) is 71.6 Å². The predicted molar refractivity (Wildman–Crippen MR) is 103 cm³/mol. The number of amides is 1. The Hall–Kier alpha value is -3.32. The highest BCUT2D eigenvalue weighted by molar-refractivity contribution is 7.12. The molecule has 132 valence electrons. The number of rotatable bonds is 3. The maximum atomic E-state index is 13.0. The number of hydrogen-bond donors (Lipinski definition) is 0. The van der Waals surface area contributed by atoms with Gasteiger partial charge in [0.15, 0.2) is 0 Å². The molecule has 7 heteroatoms. The van der Waals surface area contributed by atoms with E-state index in [4.69, 9.17) is 4.42 Å². The average molecular weight is 374 g/mol. The SMILES string of the molecule is O=C(c1cccs1)N1N=C(c2ccco2)C[C@H]1c1ccc2nccnc2c1. The third kappa shape index (κ3) is 2.82. The second kappa shape index (κ2) is 6.44. The van der Waals surface area contributed by atoms with Gasteiger partial charge < -0.3 is 4.42 Å². The van der Waals surface area contributed by atoms with E-state index >= 15 is 0 Å². The van der Waals surface area contributed by atoms with Gasteiger partial charge in [-0.05, 0) is 41.3 Å². The standard InChI is InChI=1S/C20H14N4O2S/c25-20(19-4-2-10-27-19)24-17(12-16(23-24)18-3-1-9-26-18)13-5-6-14-15(11-13)22-8-7-21-14/h1-11,17H,12H2/t17-/m0/s1. The van der Waals surface area contributed by atoms with Crippen LogP contribution in [0.3, 0.4) is 0 Å². The van der Waals surface area contributed by atoms with Crippen molar-refractivity contribution in [1.82, 2.24) is 15.0 Å². The van der Waals surface area contributed by atoms with E-state index in [2.05, 4.69) is 15.1 Å². The Morgan fingerprint density at radius 1 is 1.11 bits per heavy atom. The van der Waals surface area contributed by atoms with E-state index in [0.29, 0.717) is 17.1 Å². The smallest absolute Gasteiger partial charge is 0.284 e. The Bertz CT molecular complexity index is 1140. The number of aromatic nitrogens is 2. The van der Waals surface area contributed by atoms with Crippen LogP contribution in [0.15, 0.2) is 76.0 Å². The quantitative estimate of drug-likeness (QED) is 0.537. The minimum absolute atomic E-state index is 0.115. The summed E-state index contributed by atoms with van der Waals surface area (Å²) in [5.41, 5.74) is 3.35. The molecule has 0 unspecified atom stereocenters. The molecule has 0 saturated carbocycles. The van der Waals surface area contributed by atoms with Crippen molar-refractivity contribution in [2.75, 3.05) is 0 Å². The van der Waals surface area contributed by atoms with Crippen molar-refractivity contribution < 1.29 is 9.21 Å². The van der Waals surface area contributed by atoms with Crippen LogP contribution in [0, 0.1) is 0 Å². The molecule has 0 N–H and O–H groups in total. The Morgan fingerprint density at radius 3 is 2.78 bits per heavy atom. The van der Waals surface area contributed by atoms with E-state index in [1.54, 1.807) is 23.7 Å². The van der Waals surface area contributed by atoms with Gasteiger partial charge >= 0.3 is 0 Å². The maximum Gasteiger partial charge on any atom is 0.284 e. The lowest BCUT2D eigenvalue weighted by atomic mass is 10.00. The summed E-state index contributed by atoms with van der Waals surface area (Å²) in [6, 6.07) is 13.0. The van der Waals surface area contributed by atoms with Gasteiger partial charge in [-0.2, -0.15) is 5.10 Å². The van der Waals surface area contributed by atoms with Crippen molar-refractivity contribution in [3.63, 3.8) is 0 Å². The summed E-state index contributed by atoms with van der Waals surface area (Å²) >= 11 is 1.41. The number of hydrazone groups is 1. The summed E-state index contributed by atoms with van der Waals surface area (Å²) < 4.78 is 5.50. The first-order chi connectivity index (χ1) is 13.3. The normalized spacial score (nSPS) is 16.7. The number of nitrogens with zero attached hydrogens (tertiary/aromatic N) is 4. The van der Waals surface area contributed by atoms with Crippen LogP contribution in [0.25, 0.3) is 11.0 Å². The Kier molecular flexibility index (Phi) is 3.79. The highest BCUT2D eigenvalue weighted by Crippen LogP contribution is 2.35. The first-order valence-corrected chi connectivity index (χ1v) is 9.36. The van der Waals surface area contributed by atoms with Crippen LogP contribution >= 0.6 is 11.3 Å². The fraction of sp³-hybridized carbons (Fsp3) is 0.100. The molecule has 0 spiro atoms. The van der Waals surface area contributed by atoms with Crippen molar-refractivity contribution in [2.24, 2.45) is 5.10 Å². The Morgan fingerprint density at radius 2 is 2.00 bits per heavy atom. The zero-order valence-corrected chi connectivity index (χ0v) is 15.0. The minimum atomic E-state index is -0.217. The van der Waals surface area contributed by atoms with E-state index in [1.807, 2.05) is 47.8 Å². The van der Waals surface area contributed by atoms with Crippen molar-refractivity contribution >= 4 is 34.0 Å². The first-order valence-electron chi connectivity index (χ1n) is 8.49. The molecule has 1 atom stereocenters. The molecule has 1 aliphatic rings. The Labute approximate surface area is 158 Å². The van der Waals surface area contributed by atoms with E-state index in [0.717, 1.165) is 22.3 Å². The lowest BCUT2D eigenvalue weighted by Gasteiger charge is -2.21. The molecule has 0 aliphatic carbocycles. The van der Waals surface area contributed by atoms with Crippen LogP contribution in [-0.4, -0.2) is 26.6 Å². The Balaban J connectivity index is 1.57. The zero-order valence-electron chi connectivity index (χ0n) is 14.1. The monoisotopic (exact) mass is 374 g/mol. The van der Waals surface area contributed by atoms with Gasteiger partial charge in [-0.1, -0.05) is 12.1 Å². The minimum Gasteiger partial charge on any atom is -0.463 e. The second-order valence-electron chi connectivity index (χ2n) is 6.18.